The van der Waals surface area contributed by atoms with Crippen molar-refractivity contribution in [3.05, 3.63) is 28.7 Å². The van der Waals surface area contributed by atoms with E-state index in [4.69, 9.17) is 0 Å². The van der Waals surface area contributed by atoms with E-state index in [1.54, 1.807) is 26.0 Å². The van der Waals surface area contributed by atoms with Gasteiger partial charge in [0.15, 0.2) is 0 Å². The van der Waals surface area contributed by atoms with Gasteiger partial charge in [0, 0.05) is 10.5 Å². The molecule has 0 bridgehead atoms. The average Bonchev–Trinajstić information content (AvgIpc) is 2.15. The molecular formula is C11H16BrNO3S. The first-order valence-electron chi connectivity index (χ1n) is 5.27. The molecule has 96 valence electrons. The summed E-state index contributed by atoms with van der Waals surface area (Å²) in [7, 11) is -3.50. The van der Waals surface area contributed by atoms with Crippen LogP contribution in [0.15, 0.2) is 33.6 Å². The number of sulfonamides is 1. The first-order valence-corrected chi connectivity index (χ1v) is 7.55. The largest absolute Gasteiger partial charge is 0.393 e. The summed E-state index contributed by atoms with van der Waals surface area (Å²) in [5, 5.41) is 9.19. The molecular weight excluding hydrogens is 306 g/mol. The Morgan fingerprint density at radius 1 is 1.29 bits per heavy atom. The van der Waals surface area contributed by atoms with E-state index < -0.39 is 16.1 Å². The molecule has 2 atom stereocenters. The fourth-order valence-electron chi connectivity index (χ4n) is 1.51. The first kappa shape index (κ1) is 14.6. The van der Waals surface area contributed by atoms with Crippen molar-refractivity contribution >= 4 is 26.0 Å². The van der Waals surface area contributed by atoms with Crippen LogP contribution < -0.4 is 4.72 Å². The van der Waals surface area contributed by atoms with Crippen LogP contribution in [0.5, 0.6) is 0 Å². The molecule has 0 amide bonds. The molecule has 6 heteroatoms. The molecule has 0 radical (unpaired) electrons. The molecule has 0 spiro atoms. The van der Waals surface area contributed by atoms with Crippen molar-refractivity contribution in [3.8, 4) is 0 Å². The summed E-state index contributed by atoms with van der Waals surface area (Å²) in [6.45, 7) is 3.35. The Morgan fingerprint density at radius 2 is 1.82 bits per heavy atom. The maximum atomic E-state index is 11.9. The summed E-state index contributed by atoms with van der Waals surface area (Å²) in [4.78, 5) is 0.221. The zero-order chi connectivity index (χ0) is 13.1. The molecule has 1 rings (SSSR count). The van der Waals surface area contributed by atoms with Gasteiger partial charge in [-0.1, -0.05) is 15.9 Å². The summed E-state index contributed by atoms with van der Waals surface area (Å²) in [5.41, 5.74) is 0. The number of halogens is 1. The van der Waals surface area contributed by atoms with E-state index in [1.165, 1.54) is 12.1 Å². The Morgan fingerprint density at radius 3 is 2.29 bits per heavy atom. The number of aliphatic hydroxyl groups excluding tert-OH is 1. The standard InChI is InChI=1S/C11H16BrNO3S/c1-8(7-9(2)14)13-17(15,16)11-5-3-10(12)4-6-11/h3-6,8-9,13-14H,7H2,1-2H3. The van der Waals surface area contributed by atoms with Gasteiger partial charge in [0.25, 0.3) is 0 Å². The Labute approximate surface area is 110 Å². The van der Waals surface area contributed by atoms with Crippen LogP contribution in [-0.4, -0.2) is 25.7 Å². The normalized spacial score (nSPS) is 15.5. The fraction of sp³-hybridized carbons (Fsp3) is 0.455. The Balaban J connectivity index is 2.78. The summed E-state index contributed by atoms with van der Waals surface area (Å²) in [5.74, 6) is 0. The number of nitrogens with one attached hydrogen (secondary N) is 1. The highest BCUT2D eigenvalue weighted by Gasteiger charge is 2.17. The molecule has 0 fully saturated rings. The van der Waals surface area contributed by atoms with Crippen molar-refractivity contribution in [2.45, 2.75) is 37.3 Å². The van der Waals surface area contributed by atoms with Crippen LogP contribution in [0.3, 0.4) is 0 Å². The van der Waals surface area contributed by atoms with Crippen LogP contribution in [0.1, 0.15) is 20.3 Å². The average molecular weight is 322 g/mol. The van der Waals surface area contributed by atoms with Crippen LogP contribution in [0.2, 0.25) is 0 Å². The number of hydrogen-bond donors (Lipinski definition) is 2. The predicted molar refractivity (Wildman–Crippen MR) is 70.2 cm³/mol. The Hall–Kier alpha value is -0.430. The molecule has 0 saturated carbocycles. The van der Waals surface area contributed by atoms with Crippen molar-refractivity contribution in [3.63, 3.8) is 0 Å². The lowest BCUT2D eigenvalue weighted by molar-refractivity contribution is 0.175. The molecule has 0 aliphatic rings. The molecule has 0 heterocycles. The summed E-state index contributed by atoms with van der Waals surface area (Å²) >= 11 is 3.25. The smallest absolute Gasteiger partial charge is 0.240 e. The molecule has 2 unspecified atom stereocenters. The van der Waals surface area contributed by atoms with Crippen molar-refractivity contribution in [2.75, 3.05) is 0 Å². The summed E-state index contributed by atoms with van der Waals surface area (Å²) in [6, 6.07) is 6.11. The molecule has 4 nitrogen and oxygen atoms in total. The maximum absolute atomic E-state index is 11.9. The molecule has 1 aromatic rings. The highest BCUT2D eigenvalue weighted by molar-refractivity contribution is 9.10. The first-order chi connectivity index (χ1) is 7.81. The highest BCUT2D eigenvalue weighted by Crippen LogP contribution is 2.15. The van der Waals surface area contributed by atoms with Gasteiger partial charge in [-0.15, -0.1) is 0 Å². The second-order valence-electron chi connectivity index (χ2n) is 4.06. The van der Waals surface area contributed by atoms with Gasteiger partial charge in [0.2, 0.25) is 10.0 Å². The zero-order valence-electron chi connectivity index (χ0n) is 9.72. The minimum absolute atomic E-state index is 0.221. The minimum atomic E-state index is -3.50. The second-order valence-corrected chi connectivity index (χ2v) is 6.69. The SMILES string of the molecule is CC(O)CC(C)NS(=O)(=O)c1ccc(Br)cc1. The van der Waals surface area contributed by atoms with E-state index in [0.29, 0.717) is 6.42 Å². The van der Waals surface area contributed by atoms with Crippen molar-refractivity contribution in [1.29, 1.82) is 0 Å². The van der Waals surface area contributed by atoms with Gasteiger partial charge in [-0.2, -0.15) is 0 Å². The molecule has 0 aliphatic carbocycles. The molecule has 0 aromatic heterocycles. The van der Waals surface area contributed by atoms with Crippen LogP contribution >= 0.6 is 15.9 Å². The summed E-state index contributed by atoms with van der Waals surface area (Å²) < 4.78 is 27.2. The van der Waals surface area contributed by atoms with Crippen molar-refractivity contribution in [2.24, 2.45) is 0 Å². The zero-order valence-corrected chi connectivity index (χ0v) is 12.1. The van der Waals surface area contributed by atoms with E-state index in [2.05, 4.69) is 20.7 Å². The lowest BCUT2D eigenvalue weighted by atomic mass is 10.2. The van der Waals surface area contributed by atoms with Crippen molar-refractivity contribution in [1.82, 2.24) is 4.72 Å². The quantitative estimate of drug-likeness (QED) is 0.870. The molecule has 2 N–H and O–H groups in total. The topological polar surface area (TPSA) is 66.4 Å². The monoisotopic (exact) mass is 321 g/mol. The van der Waals surface area contributed by atoms with Gasteiger partial charge in [0.05, 0.1) is 11.0 Å². The predicted octanol–water partition coefficient (Wildman–Crippen LogP) is 1.89. The van der Waals surface area contributed by atoms with E-state index in [9.17, 15) is 13.5 Å². The van der Waals surface area contributed by atoms with Gasteiger partial charge < -0.3 is 5.11 Å². The van der Waals surface area contributed by atoms with E-state index in [1.807, 2.05) is 0 Å². The molecule has 0 saturated heterocycles. The van der Waals surface area contributed by atoms with Crippen molar-refractivity contribution < 1.29 is 13.5 Å². The van der Waals surface area contributed by atoms with E-state index in [0.717, 1.165) is 4.47 Å². The van der Waals surface area contributed by atoms with E-state index >= 15 is 0 Å². The highest BCUT2D eigenvalue weighted by atomic mass is 79.9. The van der Waals surface area contributed by atoms with E-state index in [-0.39, 0.29) is 10.9 Å². The third kappa shape index (κ3) is 4.75. The Kier molecular flexibility index (Phi) is 5.12. The third-order valence-corrected chi connectivity index (χ3v) is 4.31. The lowest BCUT2D eigenvalue weighted by Crippen LogP contribution is -2.34. The number of benzene rings is 1. The Bertz CT molecular complexity index is 456. The summed E-state index contributed by atoms with van der Waals surface area (Å²) in [6.07, 6.45) is -0.145. The number of aliphatic hydroxyl groups is 1. The number of rotatable bonds is 5. The van der Waals surface area contributed by atoms with Gasteiger partial charge in [-0.25, -0.2) is 13.1 Å². The molecule has 1 aromatic carbocycles. The van der Waals surface area contributed by atoms with Crippen LogP contribution in [0, 0.1) is 0 Å². The fourth-order valence-corrected chi connectivity index (χ4v) is 3.03. The van der Waals surface area contributed by atoms with Gasteiger partial charge in [-0.05, 0) is 44.5 Å². The lowest BCUT2D eigenvalue weighted by Gasteiger charge is -2.15. The third-order valence-electron chi connectivity index (χ3n) is 2.17. The van der Waals surface area contributed by atoms with Crippen LogP contribution in [0.4, 0.5) is 0 Å². The number of hydrogen-bond acceptors (Lipinski definition) is 3. The van der Waals surface area contributed by atoms with Crippen LogP contribution in [-0.2, 0) is 10.0 Å². The van der Waals surface area contributed by atoms with Crippen LogP contribution in [0.25, 0.3) is 0 Å². The van der Waals surface area contributed by atoms with Gasteiger partial charge >= 0.3 is 0 Å². The second kappa shape index (κ2) is 5.95. The van der Waals surface area contributed by atoms with Gasteiger partial charge in [0.1, 0.15) is 0 Å². The minimum Gasteiger partial charge on any atom is -0.393 e. The maximum Gasteiger partial charge on any atom is 0.240 e. The van der Waals surface area contributed by atoms with Gasteiger partial charge in [-0.3, -0.25) is 0 Å². The molecule has 17 heavy (non-hydrogen) atoms. The molecule has 0 aliphatic heterocycles.